The van der Waals surface area contributed by atoms with Crippen LogP contribution < -0.4 is 32.3 Å². The molecular weight excluding hydrogens is 765 g/mol. The summed E-state index contributed by atoms with van der Waals surface area (Å²) in [7, 11) is 2.54. The van der Waals surface area contributed by atoms with Crippen LogP contribution in [-0.4, -0.2) is 138 Å². The third kappa shape index (κ3) is 8.06. The van der Waals surface area contributed by atoms with E-state index in [2.05, 4.69) is 40.6 Å². The van der Waals surface area contributed by atoms with Crippen molar-refractivity contribution in [2.45, 2.75) is 22.8 Å². The molecule has 0 aromatic carbocycles. The van der Waals surface area contributed by atoms with Crippen LogP contribution >= 0.6 is 46.2 Å². The van der Waals surface area contributed by atoms with Crippen LogP contribution in [0.3, 0.4) is 0 Å². The van der Waals surface area contributed by atoms with Crippen LogP contribution in [0.25, 0.3) is 0 Å². The summed E-state index contributed by atoms with van der Waals surface area (Å²) in [5.74, 6) is -4.47. The number of aromatic nitrogens is 2. The Bertz CT molecular complexity index is 1750. The van der Waals surface area contributed by atoms with E-state index in [-0.39, 0.29) is 67.5 Å². The van der Waals surface area contributed by atoms with Gasteiger partial charge in [0.05, 0.1) is 23.3 Å². The second-order valence-electron chi connectivity index (χ2n) is 9.91. The molecule has 0 radical (unpaired) electrons. The van der Waals surface area contributed by atoms with E-state index in [9.17, 15) is 39.0 Å². The summed E-state index contributed by atoms with van der Waals surface area (Å²) in [6, 6.07) is -1.75. The first-order valence-electron chi connectivity index (χ1n) is 13.9. The number of aliphatic carboxylic acids is 2. The van der Waals surface area contributed by atoms with Crippen molar-refractivity contribution in [3.8, 4) is 0 Å². The van der Waals surface area contributed by atoms with Crippen LogP contribution in [0.1, 0.15) is 11.4 Å². The van der Waals surface area contributed by atoms with E-state index in [1.807, 2.05) is 0 Å². The Morgan fingerprint density at radius 3 is 1.45 bits per heavy atom. The van der Waals surface area contributed by atoms with Crippen LogP contribution in [-0.2, 0) is 38.4 Å². The molecule has 6 N–H and O–H groups in total. The van der Waals surface area contributed by atoms with Gasteiger partial charge in [-0.15, -0.1) is 46.2 Å². The maximum atomic E-state index is 12.5. The van der Waals surface area contributed by atoms with Gasteiger partial charge in [-0.25, -0.2) is 9.97 Å². The number of amides is 4. The number of β-lactam (4-membered cyclic amide) rings is 2. The van der Waals surface area contributed by atoms with Crippen molar-refractivity contribution in [2.24, 2.45) is 10.3 Å². The van der Waals surface area contributed by atoms with E-state index in [1.165, 1.54) is 60.7 Å². The number of carbonyl (C=O) groups is 6. The number of hydrogen-bond acceptors (Lipinski definition) is 20. The zero-order valence-corrected chi connectivity index (χ0v) is 31.0. The van der Waals surface area contributed by atoms with Crippen molar-refractivity contribution in [2.75, 3.05) is 37.2 Å². The molecule has 6 rings (SSSR count). The van der Waals surface area contributed by atoms with Crippen LogP contribution in [0.15, 0.2) is 44.6 Å². The first-order valence-corrected chi connectivity index (χ1v) is 17.7. The van der Waals surface area contributed by atoms with Gasteiger partial charge in [-0.1, -0.05) is 10.3 Å². The van der Waals surface area contributed by atoms with E-state index < -0.39 is 58.4 Å². The smallest absolute Gasteiger partial charge is 0.543 e. The average Bonchev–Trinajstić information content (AvgIpc) is 3.73. The number of fused-ring (bicyclic) bond motifs is 2. The zero-order chi connectivity index (χ0) is 36.3. The minimum absolute atomic E-state index is 0. The molecule has 2 saturated heterocycles. The number of carbonyl (C=O) groups excluding carboxylic acids is 6. The van der Waals surface area contributed by atoms with Crippen molar-refractivity contribution < 1.29 is 48.7 Å². The van der Waals surface area contributed by atoms with Crippen LogP contribution in [0, 0.1) is 0 Å². The molecule has 4 aliphatic rings. The van der Waals surface area contributed by atoms with E-state index in [0.717, 1.165) is 32.5 Å². The number of nitrogens with zero attached hydrogens (tertiary/aromatic N) is 6. The maximum Gasteiger partial charge on any atom is 2.00 e. The SMILES string of the molecule is CON=C(C(=O)NC1C(=O)N2C(C(=O)[O-])=CCS[C@@H]12)c1csc(N)n1.CON=C(C(=O)NC1C(=O)N2C(C(=O)[O-])=CCS[C@@H]12)c1csc(N)n1.[Mg+2]. The Labute approximate surface area is 319 Å². The number of hydrogen-bond donors (Lipinski definition) is 4. The predicted octanol–water partition coefficient (Wildman–Crippen LogP) is -4.16. The topological polar surface area (TPSA) is 300 Å². The Hall–Kier alpha value is -4.43. The van der Waals surface area contributed by atoms with Crippen molar-refractivity contribution in [3.63, 3.8) is 0 Å². The maximum absolute atomic E-state index is 12.5. The molecule has 0 saturated carbocycles. The Balaban J connectivity index is 0.000000224. The summed E-state index contributed by atoms with van der Waals surface area (Å²) in [6.07, 6.45) is 2.81. The number of nitrogen functional groups attached to an aromatic ring is 2. The van der Waals surface area contributed by atoms with Gasteiger partial charge in [0.2, 0.25) is 0 Å². The number of nitrogens with two attached hydrogens (primary N) is 2. The van der Waals surface area contributed by atoms with Gasteiger partial charge in [0.1, 0.15) is 48.4 Å². The molecule has 6 heterocycles. The van der Waals surface area contributed by atoms with Gasteiger partial charge in [0.25, 0.3) is 23.6 Å². The largest absolute Gasteiger partial charge is 2.00 e. The molecule has 0 spiro atoms. The normalized spacial score (nSPS) is 22.2. The van der Waals surface area contributed by atoms with Gasteiger partial charge >= 0.3 is 23.1 Å². The molecule has 51 heavy (non-hydrogen) atoms. The molecule has 2 aromatic rings. The zero-order valence-electron chi connectivity index (χ0n) is 26.3. The molecule has 2 aromatic heterocycles. The third-order valence-electron chi connectivity index (χ3n) is 7.01. The molecule has 4 atom stereocenters. The fourth-order valence-electron chi connectivity index (χ4n) is 4.86. The Kier molecular flexibility index (Phi) is 12.9. The van der Waals surface area contributed by atoms with E-state index in [0.29, 0.717) is 11.5 Å². The fraction of sp³-hybridized carbons (Fsp3) is 0.308. The van der Waals surface area contributed by atoms with Crippen LogP contribution in [0.5, 0.6) is 0 Å². The number of carboxylic acid groups (broad SMARTS) is 2. The minimum Gasteiger partial charge on any atom is -0.543 e. The van der Waals surface area contributed by atoms with Crippen molar-refractivity contribution >= 4 is 127 Å². The van der Waals surface area contributed by atoms with Gasteiger partial charge in [0.15, 0.2) is 21.7 Å². The van der Waals surface area contributed by atoms with Crippen LogP contribution in [0.2, 0.25) is 0 Å². The van der Waals surface area contributed by atoms with E-state index in [1.54, 1.807) is 0 Å². The van der Waals surface area contributed by atoms with Crippen molar-refractivity contribution in [3.05, 3.63) is 45.7 Å². The van der Waals surface area contributed by atoms with Crippen molar-refractivity contribution in [1.82, 2.24) is 30.4 Å². The second kappa shape index (κ2) is 16.7. The molecule has 20 nitrogen and oxygen atoms in total. The number of thioether (sulfide) groups is 2. The number of carboxylic acids is 2. The number of nitrogens with one attached hydrogen (secondary N) is 2. The van der Waals surface area contributed by atoms with E-state index >= 15 is 0 Å². The first-order chi connectivity index (χ1) is 23.9. The first kappa shape index (κ1) is 39.4. The minimum atomic E-state index is -1.43. The summed E-state index contributed by atoms with van der Waals surface area (Å²) >= 11 is 4.92. The Morgan fingerprint density at radius 2 is 1.16 bits per heavy atom. The van der Waals surface area contributed by atoms with Gasteiger partial charge in [-0.05, 0) is 12.2 Å². The molecule has 264 valence electrons. The molecule has 2 unspecified atom stereocenters. The number of oxime groups is 2. The quantitative estimate of drug-likeness (QED) is 0.0769. The average molecular weight is 789 g/mol. The number of rotatable bonds is 10. The molecule has 4 aliphatic heterocycles. The van der Waals surface area contributed by atoms with Crippen molar-refractivity contribution in [1.29, 1.82) is 0 Å². The molecule has 0 aliphatic carbocycles. The summed E-state index contributed by atoms with van der Waals surface area (Å²) in [6.45, 7) is 0. The fourth-order valence-corrected chi connectivity index (χ4v) is 8.35. The molecule has 0 bridgehead atoms. The summed E-state index contributed by atoms with van der Waals surface area (Å²) in [4.78, 5) is 91.0. The molecule has 2 fully saturated rings. The number of thiazole rings is 2. The van der Waals surface area contributed by atoms with Gasteiger partial charge in [-0.3, -0.25) is 29.0 Å². The molecule has 4 amide bonds. The summed E-state index contributed by atoms with van der Waals surface area (Å²) < 4.78 is 0. The summed E-state index contributed by atoms with van der Waals surface area (Å²) in [5, 5.41) is 37.1. The second-order valence-corrected chi connectivity index (χ2v) is 14.0. The molecule has 25 heteroatoms. The number of anilines is 2. The summed E-state index contributed by atoms with van der Waals surface area (Å²) in [5.41, 5.74) is 10.9. The van der Waals surface area contributed by atoms with Gasteiger partial charge in [-0.2, -0.15) is 0 Å². The van der Waals surface area contributed by atoms with Gasteiger partial charge in [0, 0.05) is 22.3 Å². The standard InChI is InChI=1S/2C13H13N5O5S2.Mg/c2*1-23-17-7(5-4-25-13(14)15-5)9(19)16-8-10(20)18-6(12(21)22)2-3-24-11(8)18;/h2*2,4,8,11H,3H2,1H3,(H2,14,15)(H,16,19)(H,21,22);/q;;+2/p-2/t2*8?,11-;/m00./s1. The Morgan fingerprint density at radius 1 is 0.784 bits per heavy atom. The van der Waals surface area contributed by atoms with Gasteiger partial charge < -0.3 is 51.6 Å². The van der Waals surface area contributed by atoms with E-state index in [4.69, 9.17) is 11.5 Å². The van der Waals surface area contributed by atoms with Crippen LogP contribution in [0.4, 0.5) is 10.3 Å². The predicted molar refractivity (Wildman–Crippen MR) is 182 cm³/mol. The third-order valence-corrected chi connectivity index (χ3v) is 10.7. The monoisotopic (exact) mass is 788 g/mol. The molecular formula is C26H24MgN10O10S4.